The molecule has 8 nitrogen and oxygen atoms in total. The Morgan fingerprint density at radius 2 is 1.57 bits per heavy atom. The number of Topliss-reactive ketones (excluding diaryl/α,β-unsaturated/α-hetero) is 1. The van der Waals surface area contributed by atoms with Gasteiger partial charge in [0.15, 0.2) is 5.75 Å². The number of para-hydroxylation sites is 1. The van der Waals surface area contributed by atoms with Gasteiger partial charge in [-0.25, -0.2) is 13.2 Å². The quantitative estimate of drug-likeness (QED) is 0.117. The van der Waals surface area contributed by atoms with E-state index in [2.05, 4.69) is 0 Å². The second-order valence-electron chi connectivity index (χ2n) is 8.22. The molecule has 0 radical (unpaired) electrons. The van der Waals surface area contributed by atoms with Crippen molar-refractivity contribution in [1.82, 2.24) is 0 Å². The molecule has 0 atom stereocenters. The van der Waals surface area contributed by atoms with Crippen molar-refractivity contribution in [2.24, 2.45) is 0 Å². The van der Waals surface area contributed by atoms with Gasteiger partial charge in [-0.3, -0.25) is 4.79 Å². The Morgan fingerprint density at radius 3 is 2.32 bits per heavy atom. The van der Waals surface area contributed by atoms with Crippen molar-refractivity contribution in [1.29, 1.82) is 0 Å². The van der Waals surface area contributed by atoms with Crippen molar-refractivity contribution in [2.75, 3.05) is 17.2 Å². The van der Waals surface area contributed by atoms with Gasteiger partial charge in [0.2, 0.25) is 11.7 Å². The fourth-order valence-corrected chi connectivity index (χ4v) is 4.58. The minimum atomic E-state index is -4.39. The van der Waals surface area contributed by atoms with E-state index in [1.807, 2.05) is 42.5 Å². The van der Waals surface area contributed by atoms with E-state index in [1.165, 1.54) is 12.2 Å². The Labute approximate surface area is 236 Å². The molecule has 0 unspecified atom stereocenters. The molecule has 37 heavy (non-hydrogen) atoms. The van der Waals surface area contributed by atoms with Crippen LogP contribution in [0.4, 0.5) is 5.69 Å². The molecule has 3 aromatic rings. The number of hydrogen-bond donors (Lipinski definition) is 0. The average Bonchev–Trinajstić information content (AvgIpc) is 3.20. The van der Waals surface area contributed by atoms with E-state index in [0.29, 0.717) is 11.4 Å². The Morgan fingerprint density at radius 1 is 0.838 bits per heavy atom. The second kappa shape index (κ2) is 11.0. The van der Waals surface area contributed by atoms with Crippen molar-refractivity contribution >= 4 is 27.6 Å². The number of hydrogen-bond acceptors (Lipinski definition) is 8. The van der Waals surface area contributed by atoms with E-state index in [-0.39, 0.29) is 65.3 Å². The summed E-state index contributed by atoms with van der Waals surface area (Å²) in [5, 5.41) is 0. The molecule has 0 bridgehead atoms. The van der Waals surface area contributed by atoms with Crippen molar-refractivity contribution in [3.8, 4) is 22.6 Å². The maximum atomic E-state index is 12.9. The van der Waals surface area contributed by atoms with Crippen LogP contribution in [-0.4, -0.2) is 37.0 Å². The summed E-state index contributed by atoms with van der Waals surface area (Å²) in [6.07, 6.45) is 2.86. The zero-order chi connectivity index (χ0) is 25.3. The van der Waals surface area contributed by atoms with Crippen LogP contribution in [0.15, 0.2) is 96.4 Å². The molecule has 0 saturated heterocycles. The van der Waals surface area contributed by atoms with Gasteiger partial charge in [-0.05, 0) is 54.0 Å². The number of fused-ring (bicyclic) bond motifs is 2. The van der Waals surface area contributed by atoms with E-state index >= 15 is 0 Å². The van der Waals surface area contributed by atoms with Gasteiger partial charge in [0.1, 0.15) is 11.3 Å². The molecule has 0 fully saturated rings. The van der Waals surface area contributed by atoms with Crippen LogP contribution in [0.1, 0.15) is 16.8 Å². The Hall–Kier alpha value is -3.21. The van der Waals surface area contributed by atoms with Crippen molar-refractivity contribution < 1.29 is 61.6 Å². The van der Waals surface area contributed by atoms with Crippen LogP contribution in [-0.2, 0) is 14.9 Å². The first-order valence-electron chi connectivity index (χ1n) is 11.2. The molecule has 5 rings (SSSR count). The van der Waals surface area contributed by atoms with E-state index in [9.17, 15) is 22.6 Å². The fourth-order valence-electron chi connectivity index (χ4n) is 4.10. The molecule has 2 aliphatic rings. The Balaban J connectivity index is 0.00000320. The van der Waals surface area contributed by atoms with Gasteiger partial charge >= 0.3 is 35.5 Å². The molecule has 0 spiro atoms. The first kappa shape index (κ1) is 26.8. The van der Waals surface area contributed by atoms with E-state index in [4.69, 9.17) is 9.47 Å². The van der Waals surface area contributed by atoms with Crippen LogP contribution < -0.4 is 43.9 Å². The molecule has 182 valence electrons. The third-order valence-electron chi connectivity index (χ3n) is 5.80. The summed E-state index contributed by atoms with van der Waals surface area (Å²) in [4.78, 5) is 27.0. The SMILES string of the molecule is O=C1Oc2ccccc2C(=O)/C1=C/C=C1\Oc2ccc(-c3ccccc3)cc2N1CCCS(=O)(=O)[O-].[Na+]. The number of ketones is 1. The Kier molecular flexibility index (Phi) is 8.01. The summed E-state index contributed by atoms with van der Waals surface area (Å²) < 4.78 is 44.7. The smallest absolute Gasteiger partial charge is 0.748 e. The normalized spacial score (nSPS) is 16.6. The standard InChI is InChI=1S/C27H21NO7S.Na/c29-26-20-9-4-5-10-23(20)35-27(30)21(26)12-14-25-28(15-6-16-36(31,32)33)22-17-19(11-13-24(22)34-25)18-7-2-1-3-8-18;/h1-5,7-14,17H,6,15-16H2,(H,31,32,33);/q;+1/p-1/b21-12-,25-14-;. The number of allylic oxidation sites excluding steroid dienone is 2. The number of anilines is 1. The van der Waals surface area contributed by atoms with Crippen LogP contribution in [0.5, 0.6) is 11.5 Å². The first-order chi connectivity index (χ1) is 17.3. The molecule has 0 aromatic heterocycles. The maximum Gasteiger partial charge on any atom is 1.00 e. The summed E-state index contributed by atoms with van der Waals surface area (Å²) >= 11 is 0. The molecular formula is C27H20NNaO7S. The van der Waals surface area contributed by atoms with Gasteiger partial charge < -0.3 is 18.9 Å². The summed E-state index contributed by atoms with van der Waals surface area (Å²) in [5.74, 6) is -0.771. The largest absolute Gasteiger partial charge is 1.00 e. The predicted octanol–water partition coefficient (Wildman–Crippen LogP) is 1.06. The van der Waals surface area contributed by atoms with Crippen LogP contribution in [0.2, 0.25) is 0 Å². The number of nitrogens with zero attached hydrogens (tertiary/aromatic N) is 1. The van der Waals surface area contributed by atoms with E-state index < -0.39 is 27.6 Å². The summed E-state index contributed by atoms with van der Waals surface area (Å²) in [6, 6.07) is 21.8. The van der Waals surface area contributed by atoms with Crippen LogP contribution in [0.25, 0.3) is 11.1 Å². The van der Waals surface area contributed by atoms with Gasteiger partial charge in [0.05, 0.1) is 21.4 Å². The average molecular weight is 526 g/mol. The molecule has 2 aliphatic heterocycles. The van der Waals surface area contributed by atoms with Crippen molar-refractivity contribution in [3.63, 3.8) is 0 Å². The minimum absolute atomic E-state index is 0. The van der Waals surface area contributed by atoms with Crippen molar-refractivity contribution in [2.45, 2.75) is 6.42 Å². The topological polar surface area (TPSA) is 113 Å². The monoisotopic (exact) mass is 525 g/mol. The van der Waals surface area contributed by atoms with Gasteiger partial charge in [-0.15, -0.1) is 0 Å². The second-order valence-corrected chi connectivity index (χ2v) is 9.74. The number of esters is 1. The summed E-state index contributed by atoms with van der Waals surface area (Å²) in [6.45, 7) is 0.170. The fraction of sp³-hybridized carbons (Fsp3) is 0.111. The van der Waals surface area contributed by atoms with Crippen molar-refractivity contribution in [3.05, 3.63) is 102 Å². The third-order valence-corrected chi connectivity index (χ3v) is 6.59. The first-order valence-corrected chi connectivity index (χ1v) is 12.7. The third kappa shape index (κ3) is 5.87. The summed E-state index contributed by atoms with van der Waals surface area (Å²) in [7, 11) is -4.39. The number of carbonyl (C=O) groups excluding carboxylic acids is 2. The number of carbonyl (C=O) groups is 2. The molecule has 2 heterocycles. The summed E-state index contributed by atoms with van der Waals surface area (Å²) in [5.41, 5.74) is 2.69. The predicted molar refractivity (Wildman–Crippen MR) is 132 cm³/mol. The zero-order valence-electron chi connectivity index (χ0n) is 19.9. The molecule has 3 aromatic carbocycles. The van der Waals surface area contributed by atoms with Gasteiger partial charge in [-0.1, -0.05) is 48.5 Å². The van der Waals surface area contributed by atoms with E-state index in [1.54, 1.807) is 35.2 Å². The number of benzene rings is 3. The van der Waals surface area contributed by atoms with Crippen LogP contribution in [0.3, 0.4) is 0 Å². The molecule has 0 saturated carbocycles. The van der Waals surface area contributed by atoms with Gasteiger partial charge in [0, 0.05) is 12.3 Å². The maximum absolute atomic E-state index is 12.9. The van der Waals surface area contributed by atoms with Crippen LogP contribution in [0, 0.1) is 0 Å². The van der Waals surface area contributed by atoms with Gasteiger partial charge in [0.25, 0.3) is 0 Å². The minimum Gasteiger partial charge on any atom is -0.748 e. The molecule has 0 aliphatic carbocycles. The number of rotatable bonds is 6. The number of ether oxygens (including phenoxy) is 2. The molecular weight excluding hydrogens is 505 g/mol. The van der Waals surface area contributed by atoms with Gasteiger partial charge in [-0.2, -0.15) is 0 Å². The van der Waals surface area contributed by atoms with E-state index in [0.717, 1.165) is 11.1 Å². The Bertz CT molecular complexity index is 1530. The molecule has 0 N–H and O–H groups in total. The molecule has 0 amide bonds. The zero-order valence-corrected chi connectivity index (χ0v) is 22.7. The van der Waals surface area contributed by atoms with Crippen LogP contribution >= 0.6 is 0 Å². The molecule has 10 heteroatoms.